The Morgan fingerprint density at radius 1 is 1.00 bits per heavy atom. The van der Waals surface area contributed by atoms with Gasteiger partial charge in [-0.3, -0.25) is 9.71 Å². The van der Waals surface area contributed by atoms with E-state index in [1.54, 1.807) is 17.2 Å². The van der Waals surface area contributed by atoms with Gasteiger partial charge in [-0.15, -0.1) is 0 Å². The fourth-order valence-corrected chi connectivity index (χ4v) is 6.37. The van der Waals surface area contributed by atoms with Crippen LogP contribution in [0.15, 0.2) is 59.8 Å². The molecule has 3 heterocycles. The summed E-state index contributed by atoms with van der Waals surface area (Å²) >= 11 is 0. The number of nitrogens with zero attached hydrogens (tertiary/aromatic N) is 4. The van der Waals surface area contributed by atoms with E-state index in [1.165, 1.54) is 19.4 Å². The maximum Gasteiger partial charge on any atom is 0.410 e. The van der Waals surface area contributed by atoms with Crippen molar-refractivity contribution >= 4 is 38.4 Å². The van der Waals surface area contributed by atoms with Crippen LogP contribution in [0.25, 0.3) is 22.0 Å². The fraction of sp³-hybridized carbons (Fsp3) is 0.323. The summed E-state index contributed by atoms with van der Waals surface area (Å²) in [7, 11) is -3.59. The molecule has 1 aliphatic rings. The number of piperazine rings is 1. The van der Waals surface area contributed by atoms with Gasteiger partial charge in [-0.2, -0.15) is 0 Å². The first-order valence-electron chi connectivity index (χ1n) is 14.0. The zero-order valence-electron chi connectivity index (χ0n) is 25.3. The molecule has 1 atom stereocenters. The van der Waals surface area contributed by atoms with Gasteiger partial charge in [0.05, 0.1) is 12.6 Å². The van der Waals surface area contributed by atoms with Crippen LogP contribution in [0.4, 0.5) is 29.3 Å². The molecule has 45 heavy (non-hydrogen) atoms. The normalized spacial score (nSPS) is 15.7. The van der Waals surface area contributed by atoms with Crippen molar-refractivity contribution in [2.24, 2.45) is 0 Å². The van der Waals surface area contributed by atoms with Gasteiger partial charge in [-0.05, 0) is 57.5 Å². The third-order valence-electron chi connectivity index (χ3n) is 7.16. The molecule has 1 fully saturated rings. The minimum atomic E-state index is -4.85. The molecule has 0 bridgehead atoms. The number of anilines is 2. The number of aromatic nitrogens is 2. The zero-order valence-corrected chi connectivity index (χ0v) is 26.1. The van der Waals surface area contributed by atoms with Gasteiger partial charge >= 0.3 is 6.09 Å². The number of hydrogen-bond acceptors (Lipinski definition) is 8. The third kappa shape index (κ3) is 6.75. The van der Waals surface area contributed by atoms with E-state index >= 15 is 0 Å². The molecule has 0 spiro atoms. The zero-order chi connectivity index (χ0) is 32.7. The summed E-state index contributed by atoms with van der Waals surface area (Å²) in [5.74, 6) is -4.57. The van der Waals surface area contributed by atoms with Gasteiger partial charge in [0.1, 0.15) is 28.7 Å². The smallest absolute Gasteiger partial charge is 0.410 e. The molecule has 10 nitrogen and oxygen atoms in total. The largest absolute Gasteiger partial charge is 0.480 e. The monoisotopic (exact) mass is 643 g/mol. The first-order chi connectivity index (χ1) is 21.2. The molecule has 2 aromatic carbocycles. The van der Waals surface area contributed by atoms with Gasteiger partial charge in [-0.1, -0.05) is 6.07 Å². The van der Waals surface area contributed by atoms with Crippen molar-refractivity contribution in [3.63, 3.8) is 0 Å². The lowest BCUT2D eigenvalue weighted by atomic mass is 10.0. The van der Waals surface area contributed by atoms with Crippen molar-refractivity contribution in [1.82, 2.24) is 14.9 Å². The first kappa shape index (κ1) is 31.8. The number of amides is 1. The second-order valence-corrected chi connectivity index (χ2v) is 13.2. The Kier molecular flexibility index (Phi) is 8.53. The molecule has 1 amide bonds. The van der Waals surface area contributed by atoms with Gasteiger partial charge < -0.3 is 19.3 Å². The number of rotatable bonds is 6. The van der Waals surface area contributed by atoms with Crippen LogP contribution in [-0.4, -0.2) is 67.8 Å². The standard InChI is InChI=1S/C31H32F3N5O5S/c1-18-17-38(30(40)44-31(2,3)4)10-11-39(18)27-8-9-35-25-7-6-19(12-22(25)27)20-13-26(29(43-5)36-16-20)37-45(41,42)28-23(33)14-21(32)15-24(28)34/h6-9,12-16,18,37H,10-11,17H2,1-5H3/t18-/m0/s1. The Hall–Kier alpha value is -4.59. The second kappa shape index (κ2) is 12.1. The van der Waals surface area contributed by atoms with Crippen LogP contribution in [0.2, 0.25) is 0 Å². The van der Waals surface area contributed by atoms with E-state index in [4.69, 9.17) is 9.47 Å². The maximum absolute atomic E-state index is 14.3. The number of carbonyl (C=O) groups is 1. The molecule has 0 radical (unpaired) electrons. The highest BCUT2D eigenvalue weighted by molar-refractivity contribution is 7.92. The fourth-order valence-electron chi connectivity index (χ4n) is 5.20. The quantitative estimate of drug-likeness (QED) is 0.274. The van der Waals surface area contributed by atoms with Crippen LogP contribution in [0.1, 0.15) is 27.7 Å². The Balaban J connectivity index is 1.47. The number of nitrogens with one attached hydrogen (secondary N) is 1. The van der Waals surface area contributed by atoms with Gasteiger partial charge in [0.2, 0.25) is 5.88 Å². The number of halogens is 3. The maximum atomic E-state index is 14.3. The van der Waals surface area contributed by atoms with Crippen molar-refractivity contribution < 1.29 is 35.9 Å². The molecule has 4 aromatic rings. The summed E-state index contributed by atoms with van der Waals surface area (Å²) in [5.41, 5.74) is 1.93. The summed E-state index contributed by atoms with van der Waals surface area (Å²) in [6, 6.07) is 9.30. The van der Waals surface area contributed by atoms with Gasteiger partial charge in [0.15, 0.2) is 4.90 Å². The number of methoxy groups -OCH3 is 1. The van der Waals surface area contributed by atoms with Crippen LogP contribution < -0.4 is 14.4 Å². The molecule has 0 saturated carbocycles. The predicted octanol–water partition coefficient (Wildman–Crippen LogP) is 5.97. The Labute approximate surface area is 258 Å². The summed E-state index contributed by atoms with van der Waals surface area (Å²) in [4.78, 5) is 23.9. The van der Waals surface area contributed by atoms with Gasteiger partial charge in [-0.25, -0.2) is 31.4 Å². The van der Waals surface area contributed by atoms with Crippen LogP contribution in [0.3, 0.4) is 0 Å². The Morgan fingerprint density at radius 3 is 2.36 bits per heavy atom. The highest BCUT2D eigenvalue weighted by Crippen LogP contribution is 2.35. The average Bonchev–Trinajstić information content (AvgIpc) is 2.94. The molecular formula is C31H32F3N5O5S. The number of benzene rings is 2. The minimum Gasteiger partial charge on any atom is -0.480 e. The number of hydrogen-bond donors (Lipinski definition) is 1. The molecular weight excluding hydrogens is 611 g/mol. The van der Waals surface area contributed by atoms with E-state index in [9.17, 15) is 26.4 Å². The summed E-state index contributed by atoms with van der Waals surface area (Å²) in [5, 5.41) is 0.806. The summed E-state index contributed by atoms with van der Waals surface area (Å²) < 4.78 is 80.9. The number of sulfonamides is 1. The summed E-state index contributed by atoms with van der Waals surface area (Å²) in [6.07, 6.45) is 2.81. The molecule has 5 rings (SSSR count). The molecule has 0 unspecified atom stereocenters. The van der Waals surface area contributed by atoms with E-state index in [0.717, 1.165) is 11.1 Å². The molecule has 1 saturated heterocycles. The molecule has 14 heteroatoms. The first-order valence-corrected chi connectivity index (χ1v) is 15.5. The number of ether oxygens (including phenoxy) is 2. The highest BCUT2D eigenvalue weighted by Gasteiger charge is 2.31. The molecule has 238 valence electrons. The van der Waals surface area contributed by atoms with Crippen molar-refractivity contribution in [2.45, 2.75) is 44.2 Å². The van der Waals surface area contributed by atoms with Crippen LogP contribution in [-0.2, 0) is 14.8 Å². The van der Waals surface area contributed by atoms with E-state index in [-0.39, 0.29) is 35.8 Å². The lowest BCUT2D eigenvalue weighted by molar-refractivity contribution is 0.0219. The number of carbonyl (C=O) groups excluding carboxylic acids is 1. The van der Waals surface area contributed by atoms with Crippen molar-refractivity contribution in [2.75, 3.05) is 36.4 Å². The van der Waals surface area contributed by atoms with Crippen molar-refractivity contribution in [3.05, 3.63) is 72.3 Å². The van der Waals surface area contributed by atoms with E-state index in [0.29, 0.717) is 36.3 Å². The minimum absolute atomic E-state index is 0.0450. The Bertz CT molecular complexity index is 1860. The van der Waals surface area contributed by atoms with E-state index < -0.39 is 38.0 Å². The van der Waals surface area contributed by atoms with Crippen molar-refractivity contribution in [1.29, 1.82) is 0 Å². The number of pyridine rings is 2. The SMILES string of the molecule is COc1ncc(-c2ccc3nccc(N4CCN(C(=O)OC(C)(C)C)C[C@@H]4C)c3c2)cc1NS(=O)(=O)c1c(F)cc(F)cc1F. The average molecular weight is 644 g/mol. The van der Waals surface area contributed by atoms with Gasteiger partial charge in [0.25, 0.3) is 10.0 Å². The lowest BCUT2D eigenvalue weighted by Gasteiger charge is -2.41. The summed E-state index contributed by atoms with van der Waals surface area (Å²) in [6.45, 7) is 8.97. The van der Waals surface area contributed by atoms with Crippen molar-refractivity contribution in [3.8, 4) is 17.0 Å². The highest BCUT2D eigenvalue weighted by atomic mass is 32.2. The molecule has 0 aliphatic carbocycles. The van der Waals surface area contributed by atoms with Crippen LogP contribution in [0, 0.1) is 17.5 Å². The predicted molar refractivity (Wildman–Crippen MR) is 163 cm³/mol. The molecule has 1 N–H and O–H groups in total. The Morgan fingerprint density at radius 2 is 1.71 bits per heavy atom. The molecule has 2 aromatic heterocycles. The second-order valence-electron chi connectivity index (χ2n) is 11.6. The topological polar surface area (TPSA) is 114 Å². The number of fused-ring (bicyclic) bond motifs is 1. The van der Waals surface area contributed by atoms with Gasteiger partial charge in [0, 0.05) is 66.8 Å². The van der Waals surface area contributed by atoms with Crippen LogP contribution in [0.5, 0.6) is 5.88 Å². The molecule has 1 aliphatic heterocycles. The van der Waals surface area contributed by atoms with E-state index in [2.05, 4.69) is 19.6 Å². The lowest BCUT2D eigenvalue weighted by Crippen LogP contribution is -2.54. The third-order valence-corrected chi connectivity index (χ3v) is 8.58. The van der Waals surface area contributed by atoms with E-state index in [1.807, 2.05) is 45.9 Å². The van der Waals surface area contributed by atoms with Crippen LogP contribution >= 0.6 is 0 Å².